The van der Waals surface area contributed by atoms with Crippen LogP contribution in [-0.4, -0.2) is 67.5 Å². The molecule has 0 bridgehead atoms. The number of phenolic OH excluding ortho intramolecular Hbond substituents is 1. The Kier molecular flexibility index (Phi) is 7.00. The lowest BCUT2D eigenvalue weighted by Crippen LogP contribution is -2.36. The summed E-state index contributed by atoms with van der Waals surface area (Å²) in [7, 11) is -1.47. The van der Waals surface area contributed by atoms with Crippen molar-refractivity contribution in [1.82, 2.24) is 19.7 Å². The molecule has 10 nitrogen and oxygen atoms in total. The Morgan fingerprint density at radius 1 is 1.10 bits per heavy atom. The van der Waals surface area contributed by atoms with E-state index in [1.54, 1.807) is 17.4 Å². The molecule has 2 N–H and O–H groups in total. The average Bonchev–Trinajstić information content (AvgIpc) is 3.61. The molecule has 40 heavy (non-hydrogen) atoms. The van der Waals surface area contributed by atoms with Crippen molar-refractivity contribution in [2.75, 3.05) is 42.8 Å². The van der Waals surface area contributed by atoms with E-state index in [1.807, 2.05) is 11.4 Å². The van der Waals surface area contributed by atoms with Crippen LogP contribution in [0.3, 0.4) is 0 Å². The third kappa shape index (κ3) is 5.18. The molecular formula is C27H23FN6O4S2. The highest BCUT2D eigenvalue weighted by Crippen LogP contribution is 2.34. The van der Waals surface area contributed by atoms with Gasteiger partial charge in [-0.15, -0.1) is 11.3 Å². The molecule has 6 rings (SSSR count). The van der Waals surface area contributed by atoms with Gasteiger partial charge in [-0.2, -0.15) is 5.10 Å². The van der Waals surface area contributed by atoms with Crippen LogP contribution in [0.25, 0.3) is 27.3 Å². The van der Waals surface area contributed by atoms with E-state index >= 15 is 0 Å². The number of hydrogen-bond donors (Lipinski definition) is 2. The second kappa shape index (κ2) is 10.8. The Labute approximate surface area is 234 Å². The number of halogens is 1. The van der Waals surface area contributed by atoms with E-state index in [-0.39, 0.29) is 16.5 Å². The maximum absolute atomic E-state index is 13.4. The Morgan fingerprint density at radius 3 is 2.62 bits per heavy atom. The molecule has 0 spiro atoms. The first-order chi connectivity index (χ1) is 19.4. The summed E-state index contributed by atoms with van der Waals surface area (Å²) >= 11 is 1.56. The number of anilines is 2. The van der Waals surface area contributed by atoms with Gasteiger partial charge in [-0.3, -0.25) is 9.00 Å². The van der Waals surface area contributed by atoms with E-state index in [4.69, 9.17) is 14.7 Å². The van der Waals surface area contributed by atoms with Gasteiger partial charge in [0.2, 0.25) is 0 Å². The van der Waals surface area contributed by atoms with Gasteiger partial charge in [0.25, 0.3) is 5.91 Å². The number of phenols is 1. The predicted octanol–water partition coefficient (Wildman–Crippen LogP) is 4.22. The number of nitrogens with zero attached hydrogens (tertiary/aromatic N) is 5. The van der Waals surface area contributed by atoms with Crippen molar-refractivity contribution in [1.29, 1.82) is 0 Å². The van der Waals surface area contributed by atoms with Crippen molar-refractivity contribution in [2.24, 2.45) is 0 Å². The molecule has 1 atom stereocenters. The minimum absolute atomic E-state index is 0.00460. The van der Waals surface area contributed by atoms with Crippen LogP contribution in [0.1, 0.15) is 10.5 Å². The summed E-state index contributed by atoms with van der Waals surface area (Å²) in [5.41, 5.74) is 2.08. The number of amides is 1. The number of aromatic hydroxyl groups is 1. The summed E-state index contributed by atoms with van der Waals surface area (Å²) in [4.78, 5) is 24.9. The maximum atomic E-state index is 13.4. The zero-order valence-corrected chi connectivity index (χ0v) is 22.8. The van der Waals surface area contributed by atoms with Crippen LogP contribution >= 0.6 is 11.3 Å². The highest BCUT2D eigenvalue weighted by atomic mass is 32.2. The fraction of sp³-hybridized carbons (Fsp3) is 0.185. The second-order valence-corrected chi connectivity index (χ2v) is 11.3. The SMILES string of the molecule is CS(=O)c1cc(C(=O)Nc2cc(O)cc(-c3nc(N4CCOCC4)c4sccc4n3)c2)nn1-c1ccc(F)cc1. The zero-order valence-electron chi connectivity index (χ0n) is 21.2. The van der Waals surface area contributed by atoms with E-state index in [2.05, 4.69) is 15.3 Å². The van der Waals surface area contributed by atoms with Gasteiger partial charge in [-0.05, 0) is 47.8 Å². The zero-order chi connectivity index (χ0) is 27.8. The first-order valence-electron chi connectivity index (χ1n) is 12.3. The quantitative estimate of drug-likeness (QED) is 0.307. The molecule has 4 heterocycles. The van der Waals surface area contributed by atoms with Crippen LogP contribution in [0.5, 0.6) is 5.75 Å². The van der Waals surface area contributed by atoms with Crippen molar-refractivity contribution >= 4 is 49.8 Å². The van der Waals surface area contributed by atoms with Gasteiger partial charge in [-0.25, -0.2) is 19.0 Å². The second-order valence-electron chi connectivity index (χ2n) is 9.04. The average molecular weight is 579 g/mol. The molecule has 1 fully saturated rings. The molecule has 2 aromatic carbocycles. The number of nitrogens with one attached hydrogen (secondary N) is 1. The van der Waals surface area contributed by atoms with Gasteiger partial charge in [0.15, 0.2) is 17.3 Å². The summed E-state index contributed by atoms with van der Waals surface area (Å²) in [6.07, 6.45) is 1.47. The number of morpholine rings is 1. The lowest BCUT2D eigenvalue weighted by molar-refractivity contribution is 0.102. The van der Waals surface area contributed by atoms with Crippen molar-refractivity contribution in [3.63, 3.8) is 0 Å². The molecule has 0 aliphatic carbocycles. The Balaban J connectivity index is 1.32. The smallest absolute Gasteiger partial charge is 0.276 e. The maximum Gasteiger partial charge on any atom is 0.276 e. The van der Waals surface area contributed by atoms with Gasteiger partial charge < -0.3 is 20.1 Å². The Bertz CT molecular complexity index is 1750. The highest BCUT2D eigenvalue weighted by Gasteiger charge is 2.21. The van der Waals surface area contributed by atoms with E-state index in [9.17, 15) is 18.5 Å². The topological polar surface area (TPSA) is 122 Å². The molecule has 1 aliphatic rings. The Morgan fingerprint density at radius 2 is 1.88 bits per heavy atom. The monoisotopic (exact) mass is 578 g/mol. The minimum Gasteiger partial charge on any atom is -0.508 e. The van der Waals surface area contributed by atoms with E-state index in [0.29, 0.717) is 49.1 Å². The molecule has 204 valence electrons. The van der Waals surface area contributed by atoms with Gasteiger partial charge in [0, 0.05) is 42.7 Å². The van der Waals surface area contributed by atoms with E-state index < -0.39 is 22.5 Å². The molecule has 1 saturated heterocycles. The molecule has 0 saturated carbocycles. The molecule has 1 amide bonds. The van der Waals surface area contributed by atoms with Crippen molar-refractivity contribution in [3.05, 3.63) is 71.5 Å². The normalized spacial score (nSPS) is 14.4. The number of rotatable bonds is 6. The molecular weight excluding hydrogens is 555 g/mol. The summed E-state index contributed by atoms with van der Waals surface area (Å²) in [6.45, 7) is 2.64. The lowest BCUT2D eigenvalue weighted by Gasteiger charge is -2.28. The minimum atomic E-state index is -1.47. The standard InChI is InChI=1S/C27H23FN6O4S2/c1-40(37)23-15-22(32-34(23)19-4-2-17(28)3-5-19)27(36)29-18-12-16(13-20(35)14-18)25-30-21-6-11-39-24(21)26(31-25)33-7-9-38-10-8-33/h2-6,11-15,35H,7-10H2,1H3,(H,29,36). The summed E-state index contributed by atoms with van der Waals surface area (Å²) < 4.78 is 33.6. The number of thiophene rings is 1. The molecule has 0 radical (unpaired) electrons. The summed E-state index contributed by atoms with van der Waals surface area (Å²) in [6, 6.07) is 13.4. The van der Waals surface area contributed by atoms with Gasteiger partial charge in [-0.1, -0.05) is 0 Å². The first kappa shape index (κ1) is 26.0. The fourth-order valence-electron chi connectivity index (χ4n) is 4.42. The highest BCUT2D eigenvalue weighted by molar-refractivity contribution is 7.84. The van der Waals surface area contributed by atoms with Crippen LogP contribution in [0.2, 0.25) is 0 Å². The number of ether oxygens (including phenoxy) is 1. The fourth-order valence-corrected chi connectivity index (χ4v) is 5.94. The first-order valence-corrected chi connectivity index (χ1v) is 14.7. The van der Waals surface area contributed by atoms with Gasteiger partial charge >= 0.3 is 0 Å². The number of aromatic nitrogens is 4. The number of fused-ring (bicyclic) bond motifs is 1. The van der Waals surface area contributed by atoms with Crippen molar-refractivity contribution in [3.8, 4) is 22.8 Å². The molecule has 1 unspecified atom stereocenters. The van der Waals surface area contributed by atoms with Crippen molar-refractivity contribution in [2.45, 2.75) is 5.03 Å². The van der Waals surface area contributed by atoms with Gasteiger partial charge in [0.1, 0.15) is 16.6 Å². The molecule has 1 aliphatic heterocycles. The number of hydrogen-bond acceptors (Lipinski definition) is 9. The van der Waals surface area contributed by atoms with Crippen LogP contribution in [0, 0.1) is 5.82 Å². The molecule has 13 heteroatoms. The number of benzene rings is 2. The van der Waals surface area contributed by atoms with E-state index in [1.165, 1.54) is 53.4 Å². The van der Waals surface area contributed by atoms with Crippen LogP contribution in [0.15, 0.2) is 65.0 Å². The summed E-state index contributed by atoms with van der Waals surface area (Å²) in [5.74, 6) is 0.128. The van der Waals surface area contributed by atoms with Crippen LogP contribution in [0.4, 0.5) is 15.9 Å². The summed E-state index contributed by atoms with van der Waals surface area (Å²) in [5, 5.41) is 19.8. The predicted molar refractivity (Wildman–Crippen MR) is 151 cm³/mol. The third-order valence-electron chi connectivity index (χ3n) is 6.31. The number of carbonyl (C=O) groups excluding carboxylic acids is 1. The van der Waals surface area contributed by atoms with Crippen LogP contribution in [-0.2, 0) is 15.5 Å². The molecule has 3 aromatic heterocycles. The largest absolute Gasteiger partial charge is 0.508 e. The van der Waals surface area contributed by atoms with Crippen LogP contribution < -0.4 is 10.2 Å². The van der Waals surface area contributed by atoms with E-state index in [0.717, 1.165) is 16.0 Å². The number of carbonyl (C=O) groups is 1. The van der Waals surface area contributed by atoms with Crippen molar-refractivity contribution < 1.29 is 23.2 Å². The molecule has 5 aromatic rings. The van der Waals surface area contributed by atoms with Gasteiger partial charge in [0.05, 0.1) is 39.9 Å². The lowest BCUT2D eigenvalue weighted by atomic mass is 10.1. The third-order valence-corrected chi connectivity index (χ3v) is 8.08. The Hall–Kier alpha value is -4.20.